The Kier molecular flexibility index (Phi) is 6.97. The number of ether oxygens (including phenoxy) is 1. The van der Waals surface area contributed by atoms with E-state index in [4.69, 9.17) is 4.74 Å². The van der Waals surface area contributed by atoms with E-state index in [-0.39, 0.29) is 24.2 Å². The minimum atomic E-state index is -0.309. The molecule has 1 aromatic heterocycles. The molecule has 2 aromatic rings. The molecule has 0 radical (unpaired) electrons. The van der Waals surface area contributed by atoms with Crippen molar-refractivity contribution < 1.29 is 14.3 Å². The molecule has 0 bridgehead atoms. The fourth-order valence-corrected chi connectivity index (χ4v) is 3.91. The number of aromatic nitrogens is 2. The number of anilines is 1. The van der Waals surface area contributed by atoms with Crippen LogP contribution in [0.15, 0.2) is 24.3 Å². The maximum atomic E-state index is 12.5. The molecule has 7 nitrogen and oxygen atoms in total. The number of unbranched alkanes of at least 4 members (excludes halogenated alkanes) is 1. The Labute approximate surface area is 169 Å². The fourth-order valence-electron chi connectivity index (χ4n) is 3.17. The average Bonchev–Trinajstić information content (AvgIpc) is 3.31. The molecule has 0 spiro atoms. The molecule has 1 aliphatic heterocycles. The quantitative estimate of drug-likeness (QED) is 0.697. The first-order valence-electron chi connectivity index (χ1n) is 9.63. The lowest BCUT2D eigenvalue weighted by molar-refractivity contribution is -0.128. The Morgan fingerprint density at radius 2 is 2.07 bits per heavy atom. The number of nitrogens with zero attached hydrogens (tertiary/aromatic N) is 3. The molecule has 2 heterocycles. The number of carbonyl (C=O) groups is 2. The van der Waals surface area contributed by atoms with Gasteiger partial charge in [-0.25, -0.2) is 0 Å². The van der Waals surface area contributed by atoms with Gasteiger partial charge in [0, 0.05) is 25.9 Å². The minimum Gasteiger partial charge on any atom is -0.497 e. The zero-order valence-corrected chi connectivity index (χ0v) is 17.1. The normalized spacial score (nSPS) is 16.4. The molecular formula is C20H26N4O3S. The molecule has 28 heavy (non-hydrogen) atoms. The highest BCUT2D eigenvalue weighted by atomic mass is 32.1. The van der Waals surface area contributed by atoms with Gasteiger partial charge in [-0.2, -0.15) is 0 Å². The fraction of sp³-hybridized carbons (Fsp3) is 0.500. The molecule has 1 saturated heterocycles. The van der Waals surface area contributed by atoms with Crippen LogP contribution in [0.4, 0.5) is 5.13 Å². The van der Waals surface area contributed by atoms with Gasteiger partial charge in [0.25, 0.3) is 0 Å². The van der Waals surface area contributed by atoms with E-state index >= 15 is 0 Å². The van der Waals surface area contributed by atoms with Gasteiger partial charge in [0.05, 0.1) is 13.0 Å². The van der Waals surface area contributed by atoms with Gasteiger partial charge in [-0.15, -0.1) is 10.2 Å². The molecule has 1 aliphatic rings. The topological polar surface area (TPSA) is 84.4 Å². The third-order valence-electron chi connectivity index (χ3n) is 4.85. The molecule has 1 aromatic carbocycles. The van der Waals surface area contributed by atoms with Crippen molar-refractivity contribution >= 4 is 28.3 Å². The molecule has 1 fully saturated rings. The van der Waals surface area contributed by atoms with Crippen molar-refractivity contribution in [2.75, 3.05) is 25.5 Å². The van der Waals surface area contributed by atoms with Crippen LogP contribution in [0, 0.1) is 5.92 Å². The molecular weight excluding hydrogens is 376 g/mol. The van der Waals surface area contributed by atoms with Crippen LogP contribution >= 0.6 is 11.3 Å². The van der Waals surface area contributed by atoms with Crippen LogP contribution < -0.4 is 10.1 Å². The molecule has 0 unspecified atom stereocenters. The van der Waals surface area contributed by atoms with E-state index in [1.54, 1.807) is 12.0 Å². The smallest absolute Gasteiger partial charge is 0.231 e. The summed E-state index contributed by atoms with van der Waals surface area (Å²) in [5.41, 5.74) is 1.19. The monoisotopic (exact) mass is 402 g/mol. The van der Waals surface area contributed by atoms with Crippen molar-refractivity contribution in [3.8, 4) is 5.75 Å². The number of likely N-dealkylation sites (tertiary alicyclic amines) is 1. The van der Waals surface area contributed by atoms with Gasteiger partial charge in [0.15, 0.2) is 0 Å². The maximum Gasteiger partial charge on any atom is 0.231 e. The SMILES string of the molecule is CCCCN1C[C@H](C(=O)Nc2nnc(CCc3ccc(OC)cc3)s2)CC1=O. The van der Waals surface area contributed by atoms with E-state index in [0.29, 0.717) is 11.7 Å². The van der Waals surface area contributed by atoms with Gasteiger partial charge < -0.3 is 15.0 Å². The highest BCUT2D eigenvalue weighted by molar-refractivity contribution is 7.15. The first-order valence-corrected chi connectivity index (χ1v) is 10.4. The lowest BCUT2D eigenvalue weighted by Crippen LogP contribution is -2.29. The van der Waals surface area contributed by atoms with E-state index in [2.05, 4.69) is 22.4 Å². The largest absolute Gasteiger partial charge is 0.497 e. The Hall–Kier alpha value is -2.48. The molecule has 1 atom stereocenters. The predicted molar refractivity (Wildman–Crippen MR) is 109 cm³/mol. The van der Waals surface area contributed by atoms with E-state index < -0.39 is 0 Å². The van der Waals surface area contributed by atoms with Gasteiger partial charge in [-0.3, -0.25) is 9.59 Å². The Morgan fingerprint density at radius 3 is 2.79 bits per heavy atom. The second kappa shape index (κ2) is 9.64. The highest BCUT2D eigenvalue weighted by Crippen LogP contribution is 2.23. The summed E-state index contributed by atoms with van der Waals surface area (Å²) in [5.74, 6) is 0.440. The average molecular weight is 403 g/mol. The number of aryl methyl sites for hydroxylation is 2. The van der Waals surface area contributed by atoms with Gasteiger partial charge in [-0.05, 0) is 30.5 Å². The standard InChI is InChI=1S/C20H26N4O3S/c1-3-4-11-24-13-15(12-18(24)25)19(26)21-20-23-22-17(28-20)10-7-14-5-8-16(27-2)9-6-14/h5-6,8-9,15H,3-4,7,10-13H2,1-2H3,(H,21,23,26)/t15-/m1/s1. The summed E-state index contributed by atoms with van der Waals surface area (Å²) in [4.78, 5) is 26.3. The van der Waals surface area contributed by atoms with Gasteiger partial charge in [0.2, 0.25) is 16.9 Å². The number of hydrogen-bond donors (Lipinski definition) is 1. The number of hydrogen-bond acceptors (Lipinski definition) is 6. The molecule has 3 rings (SSSR count). The Balaban J connectivity index is 1.48. The second-order valence-electron chi connectivity index (χ2n) is 6.93. The van der Waals surface area contributed by atoms with Crippen LogP contribution in [0.2, 0.25) is 0 Å². The molecule has 0 saturated carbocycles. The van der Waals surface area contributed by atoms with Crippen molar-refractivity contribution in [1.29, 1.82) is 0 Å². The third kappa shape index (κ3) is 5.28. The Morgan fingerprint density at radius 1 is 1.29 bits per heavy atom. The highest BCUT2D eigenvalue weighted by Gasteiger charge is 2.34. The van der Waals surface area contributed by atoms with Crippen molar-refractivity contribution in [2.45, 2.75) is 39.0 Å². The van der Waals surface area contributed by atoms with Crippen LogP contribution in [0.3, 0.4) is 0 Å². The van der Waals surface area contributed by atoms with Crippen LogP contribution in [0.5, 0.6) is 5.75 Å². The summed E-state index contributed by atoms with van der Waals surface area (Å²) in [7, 11) is 1.65. The van der Waals surface area contributed by atoms with E-state index in [1.165, 1.54) is 16.9 Å². The summed E-state index contributed by atoms with van der Waals surface area (Å²) >= 11 is 1.38. The number of amides is 2. The summed E-state index contributed by atoms with van der Waals surface area (Å²) in [5, 5.41) is 12.4. The molecule has 0 aliphatic carbocycles. The number of methoxy groups -OCH3 is 1. The molecule has 150 valence electrons. The lowest BCUT2D eigenvalue weighted by atomic mass is 10.1. The molecule has 8 heteroatoms. The van der Waals surface area contributed by atoms with Crippen LogP contribution in [-0.2, 0) is 22.4 Å². The second-order valence-corrected chi connectivity index (χ2v) is 7.99. The van der Waals surface area contributed by atoms with Crippen LogP contribution in [0.25, 0.3) is 0 Å². The summed E-state index contributed by atoms with van der Waals surface area (Å²) in [6.07, 6.45) is 3.88. The van der Waals surface area contributed by atoms with E-state index in [9.17, 15) is 9.59 Å². The number of benzene rings is 1. The molecule has 2 amide bonds. The number of nitrogens with one attached hydrogen (secondary N) is 1. The number of carbonyl (C=O) groups excluding carboxylic acids is 2. The van der Waals surface area contributed by atoms with Crippen LogP contribution in [-0.4, -0.2) is 47.1 Å². The summed E-state index contributed by atoms with van der Waals surface area (Å²) < 4.78 is 5.16. The zero-order valence-electron chi connectivity index (χ0n) is 16.3. The van der Waals surface area contributed by atoms with Crippen molar-refractivity contribution in [1.82, 2.24) is 15.1 Å². The van der Waals surface area contributed by atoms with E-state index in [0.717, 1.165) is 43.0 Å². The van der Waals surface area contributed by atoms with Crippen molar-refractivity contribution in [3.63, 3.8) is 0 Å². The first-order chi connectivity index (χ1) is 13.6. The first kappa shape index (κ1) is 20.3. The molecule has 1 N–H and O–H groups in total. The van der Waals surface area contributed by atoms with E-state index in [1.807, 2.05) is 24.3 Å². The summed E-state index contributed by atoms with van der Waals surface area (Å²) in [6.45, 7) is 3.31. The Bertz CT molecular complexity index is 806. The lowest BCUT2D eigenvalue weighted by Gasteiger charge is -2.15. The third-order valence-corrected chi connectivity index (χ3v) is 5.75. The van der Waals surface area contributed by atoms with Gasteiger partial charge in [0.1, 0.15) is 10.8 Å². The minimum absolute atomic E-state index is 0.0612. The predicted octanol–water partition coefficient (Wildman–Crippen LogP) is 2.92. The van der Waals surface area contributed by atoms with Crippen molar-refractivity contribution in [2.24, 2.45) is 5.92 Å². The maximum absolute atomic E-state index is 12.5. The zero-order chi connectivity index (χ0) is 19.9. The number of rotatable bonds is 9. The van der Waals surface area contributed by atoms with Gasteiger partial charge >= 0.3 is 0 Å². The van der Waals surface area contributed by atoms with Crippen LogP contribution in [0.1, 0.15) is 36.8 Å². The van der Waals surface area contributed by atoms with Gasteiger partial charge in [-0.1, -0.05) is 36.8 Å². The van der Waals surface area contributed by atoms with Crippen molar-refractivity contribution in [3.05, 3.63) is 34.8 Å². The summed E-state index contributed by atoms with van der Waals surface area (Å²) in [6, 6.07) is 7.94.